The molecule has 0 spiro atoms. The van der Waals surface area contributed by atoms with E-state index in [9.17, 15) is 4.79 Å². The lowest BCUT2D eigenvalue weighted by Gasteiger charge is -2.31. The van der Waals surface area contributed by atoms with Gasteiger partial charge in [-0.25, -0.2) is 4.98 Å². The molecule has 0 saturated carbocycles. The molecule has 1 aliphatic heterocycles. The van der Waals surface area contributed by atoms with Crippen molar-refractivity contribution >= 4 is 5.91 Å². The first-order chi connectivity index (χ1) is 12.0. The predicted octanol–water partition coefficient (Wildman–Crippen LogP) is 2.66. The standard InChI is InChI=1S/C19H27N5O/c1-12-8-9-13(2)24(12)14(3)19(25)20-11-16-6-5-7-17(10-16)18-21-15(4)22-23-18/h5-7,10,12-14H,8-9,11H2,1-4H3,(H,20,25)(H,21,22,23). The number of aromatic nitrogens is 3. The second kappa shape index (κ2) is 7.35. The summed E-state index contributed by atoms with van der Waals surface area (Å²) in [4.78, 5) is 19.2. The van der Waals surface area contributed by atoms with Crippen LogP contribution in [0.4, 0.5) is 0 Å². The molecule has 0 radical (unpaired) electrons. The third-order valence-electron chi connectivity index (χ3n) is 5.10. The van der Waals surface area contributed by atoms with Gasteiger partial charge in [0.05, 0.1) is 6.04 Å². The molecule has 1 amide bonds. The molecule has 1 aromatic heterocycles. The van der Waals surface area contributed by atoms with Gasteiger partial charge in [-0.15, -0.1) is 0 Å². The van der Waals surface area contributed by atoms with Crippen molar-refractivity contribution in [1.29, 1.82) is 0 Å². The number of nitrogens with one attached hydrogen (secondary N) is 2. The highest BCUT2D eigenvalue weighted by Gasteiger charge is 2.34. The first-order valence-electron chi connectivity index (χ1n) is 8.99. The highest BCUT2D eigenvalue weighted by Crippen LogP contribution is 2.26. The molecule has 1 aliphatic rings. The van der Waals surface area contributed by atoms with Crippen LogP contribution in [0.3, 0.4) is 0 Å². The lowest BCUT2D eigenvalue weighted by Crippen LogP contribution is -2.48. The summed E-state index contributed by atoms with van der Waals surface area (Å²) in [6, 6.07) is 8.80. The molecule has 1 aromatic carbocycles. The molecule has 25 heavy (non-hydrogen) atoms. The summed E-state index contributed by atoms with van der Waals surface area (Å²) in [6.07, 6.45) is 2.33. The Labute approximate surface area is 149 Å². The largest absolute Gasteiger partial charge is 0.351 e. The quantitative estimate of drug-likeness (QED) is 0.877. The molecule has 2 N–H and O–H groups in total. The molecule has 6 heteroatoms. The average Bonchev–Trinajstić information content (AvgIpc) is 3.18. The van der Waals surface area contributed by atoms with Gasteiger partial charge in [-0.3, -0.25) is 14.8 Å². The van der Waals surface area contributed by atoms with Crippen LogP contribution in [0, 0.1) is 6.92 Å². The Hall–Kier alpha value is -2.21. The first-order valence-corrected chi connectivity index (χ1v) is 8.99. The smallest absolute Gasteiger partial charge is 0.237 e. The molecule has 3 unspecified atom stereocenters. The zero-order valence-electron chi connectivity index (χ0n) is 15.4. The lowest BCUT2D eigenvalue weighted by molar-refractivity contribution is -0.127. The summed E-state index contributed by atoms with van der Waals surface area (Å²) in [5.41, 5.74) is 1.99. The van der Waals surface area contributed by atoms with E-state index in [4.69, 9.17) is 0 Å². The van der Waals surface area contributed by atoms with Crippen LogP contribution in [0.15, 0.2) is 24.3 Å². The molecule has 6 nitrogen and oxygen atoms in total. The summed E-state index contributed by atoms with van der Waals surface area (Å²) in [7, 11) is 0. The van der Waals surface area contributed by atoms with Gasteiger partial charge in [0.15, 0.2) is 5.82 Å². The number of benzene rings is 1. The van der Waals surface area contributed by atoms with Crippen LogP contribution in [0.25, 0.3) is 11.4 Å². The molecule has 134 valence electrons. The van der Waals surface area contributed by atoms with Crippen molar-refractivity contribution in [3.05, 3.63) is 35.7 Å². The number of aromatic amines is 1. The number of carbonyl (C=O) groups excluding carboxylic acids is 1. The van der Waals surface area contributed by atoms with E-state index in [1.165, 1.54) is 0 Å². The molecule has 2 aromatic rings. The van der Waals surface area contributed by atoms with Gasteiger partial charge in [0, 0.05) is 24.2 Å². The topological polar surface area (TPSA) is 73.9 Å². The molecule has 3 atom stereocenters. The van der Waals surface area contributed by atoms with Crippen LogP contribution >= 0.6 is 0 Å². The Morgan fingerprint density at radius 2 is 2.08 bits per heavy atom. The van der Waals surface area contributed by atoms with Crippen LogP contribution < -0.4 is 5.32 Å². The fraction of sp³-hybridized carbons (Fsp3) is 0.526. The number of amides is 1. The monoisotopic (exact) mass is 341 g/mol. The Bertz CT molecular complexity index is 731. The third kappa shape index (κ3) is 3.90. The minimum Gasteiger partial charge on any atom is -0.351 e. The van der Waals surface area contributed by atoms with Gasteiger partial charge in [-0.2, -0.15) is 5.10 Å². The van der Waals surface area contributed by atoms with Crippen LogP contribution in [0.2, 0.25) is 0 Å². The number of H-pyrrole nitrogens is 1. The molecular weight excluding hydrogens is 314 g/mol. The van der Waals surface area contributed by atoms with Crippen LogP contribution in [-0.2, 0) is 11.3 Å². The maximum absolute atomic E-state index is 12.6. The number of rotatable bonds is 5. The molecule has 3 rings (SSSR count). The van der Waals surface area contributed by atoms with Gasteiger partial charge in [0.1, 0.15) is 5.82 Å². The molecule has 2 heterocycles. The van der Waals surface area contributed by atoms with Gasteiger partial charge >= 0.3 is 0 Å². The van der Waals surface area contributed by atoms with E-state index in [2.05, 4.69) is 39.2 Å². The molecule has 1 fully saturated rings. The zero-order chi connectivity index (χ0) is 18.0. The highest BCUT2D eigenvalue weighted by molar-refractivity contribution is 5.81. The van der Waals surface area contributed by atoms with E-state index >= 15 is 0 Å². The lowest BCUT2D eigenvalue weighted by atomic mass is 10.1. The number of hydrogen-bond acceptors (Lipinski definition) is 4. The zero-order valence-corrected chi connectivity index (χ0v) is 15.4. The van der Waals surface area contributed by atoms with E-state index in [0.29, 0.717) is 24.5 Å². The van der Waals surface area contributed by atoms with Crippen LogP contribution in [0.1, 0.15) is 45.0 Å². The second-order valence-corrected chi connectivity index (χ2v) is 7.06. The molecule has 1 saturated heterocycles. The first kappa shape index (κ1) is 17.6. The van der Waals surface area contributed by atoms with Crippen molar-refractivity contribution in [1.82, 2.24) is 25.4 Å². The van der Waals surface area contributed by atoms with Crippen molar-refractivity contribution in [2.24, 2.45) is 0 Å². The van der Waals surface area contributed by atoms with Crippen molar-refractivity contribution in [3.8, 4) is 11.4 Å². The minimum atomic E-state index is -0.105. The van der Waals surface area contributed by atoms with Crippen molar-refractivity contribution in [2.75, 3.05) is 0 Å². The highest BCUT2D eigenvalue weighted by atomic mass is 16.2. The van der Waals surface area contributed by atoms with Crippen LogP contribution in [0.5, 0.6) is 0 Å². The third-order valence-corrected chi connectivity index (χ3v) is 5.10. The Kier molecular flexibility index (Phi) is 5.18. The van der Waals surface area contributed by atoms with Crippen molar-refractivity contribution < 1.29 is 4.79 Å². The van der Waals surface area contributed by atoms with Gasteiger partial charge in [0.25, 0.3) is 0 Å². The Morgan fingerprint density at radius 1 is 1.36 bits per heavy atom. The van der Waals surface area contributed by atoms with Gasteiger partial charge in [-0.1, -0.05) is 18.2 Å². The summed E-state index contributed by atoms with van der Waals surface area (Å²) in [5.74, 6) is 1.55. The van der Waals surface area contributed by atoms with Crippen LogP contribution in [-0.4, -0.2) is 44.1 Å². The maximum Gasteiger partial charge on any atom is 0.237 e. The van der Waals surface area contributed by atoms with Gasteiger partial charge in [-0.05, 0) is 52.2 Å². The molecular formula is C19H27N5O. The summed E-state index contributed by atoms with van der Waals surface area (Å²) < 4.78 is 0. The van der Waals surface area contributed by atoms with E-state index in [-0.39, 0.29) is 11.9 Å². The Balaban J connectivity index is 1.62. The average molecular weight is 341 g/mol. The van der Waals surface area contributed by atoms with Crippen molar-refractivity contribution in [3.63, 3.8) is 0 Å². The minimum absolute atomic E-state index is 0.0831. The number of nitrogens with zero attached hydrogens (tertiary/aromatic N) is 3. The SMILES string of the molecule is Cc1nc(-c2cccc(CNC(=O)C(C)N3C(C)CCC3C)c2)n[nH]1. The fourth-order valence-electron chi connectivity index (χ4n) is 3.74. The molecule has 0 aliphatic carbocycles. The number of likely N-dealkylation sites (tertiary alicyclic amines) is 1. The maximum atomic E-state index is 12.6. The normalized spacial score (nSPS) is 22.1. The van der Waals surface area contributed by atoms with E-state index in [1.807, 2.05) is 38.1 Å². The summed E-state index contributed by atoms with van der Waals surface area (Å²) >= 11 is 0. The summed E-state index contributed by atoms with van der Waals surface area (Å²) in [6.45, 7) is 8.80. The van der Waals surface area contributed by atoms with Gasteiger partial charge in [0.2, 0.25) is 5.91 Å². The fourth-order valence-corrected chi connectivity index (χ4v) is 3.74. The second-order valence-electron chi connectivity index (χ2n) is 7.06. The number of hydrogen-bond donors (Lipinski definition) is 2. The molecule has 0 bridgehead atoms. The number of aryl methyl sites for hydroxylation is 1. The van der Waals surface area contributed by atoms with E-state index < -0.39 is 0 Å². The Morgan fingerprint density at radius 3 is 2.72 bits per heavy atom. The van der Waals surface area contributed by atoms with Gasteiger partial charge < -0.3 is 5.32 Å². The van der Waals surface area contributed by atoms with E-state index in [0.717, 1.165) is 29.8 Å². The van der Waals surface area contributed by atoms with Crippen molar-refractivity contribution in [2.45, 2.75) is 65.2 Å². The number of carbonyl (C=O) groups is 1. The van der Waals surface area contributed by atoms with E-state index in [1.54, 1.807) is 0 Å². The predicted molar refractivity (Wildman–Crippen MR) is 97.9 cm³/mol. The summed E-state index contributed by atoms with van der Waals surface area (Å²) in [5, 5.41) is 10.1.